The highest BCUT2D eigenvalue weighted by Gasteiger charge is 2.19. The molecule has 0 radical (unpaired) electrons. The number of rotatable bonds is 3. The van der Waals surface area contributed by atoms with E-state index in [-0.39, 0.29) is 6.42 Å². The lowest BCUT2D eigenvalue weighted by atomic mass is 10.0. The summed E-state index contributed by atoms with van der Waals surface area (Å²) in [5.74, 6) is 2.14. The van der Waals surface area contributed by atoms with Gasteiger partial charge in [-0.1, -0.05) is 0 Å². The van der Waals surface area contributed by atoms with Crippen molar-refractivity contribution in [3.05, 3.63) is 17.8 Å². The highest BCUT2D eigenvalue weighted by molar-refractivity contribution is 7.99. The molecule has 15 heavy (non-hydrogen) atoms. The molecule has 1 aromatic heterocycles. The predicted molar refractivity (Wildman–Crippen MR) is 57.1 cm³/mol. The van der Waals surface area contributed by atoms with Gasteiger partial charge in [0, 0.05) is 11.7 Å². The van der Waals surface area contributed by atoms with Crippen LogP contribution in [-0.4, -0.2) is 27.6 Å². The van der Waals surface area contributed by atoms with Crippen molar-refractivity contribution in [3.8, 4) is 0 Å². The highest BCUT2D eigenvalue weighted by atomic mass is 32.2. The van der Waals surface area contributed by atoms with Crippen molar-refractivity contribution in [3.63, 3.8) is 0 Å². The van der Waals surface area contributed by atoms with Crippen LogP contribution in [0.15, 0.2) is 10.7 Å². The molecule has 0 spiro atoms. The van der Waals surface area contributed by atoms with Crippen molar-refractivity contribution in [2.24, 2.45) is 0 Å². The van der Waals surface area contributed by atoms with Crippen LogP contribution < -0.4 is 0 Å². The molecule has 1 N–H and O–H groups in total. The first-order valence-corrected chi connectivity index (χ1v) is 6.15. The summed E-state index contributed by atoms with van der Waals surface area (Å²) in [5, 5.41) is 8.58. The first-order valence-electron chi connectivity index (χ1n) is 4.99. The van der Waals surface area contributed by atoms with Gasteiger partial charge in [-0.25, -0.2) is 4.98 Å². The van der Waals surface area contributed by atoms with E-state index in [2.05, 4.69) is 4.98 Å². The van der Waals surface area contributed by atoms with Crippen molar-refractivity contribution in [1.29, 1.82) is 0 Å². The Morgan fingerprint density at radius 1 is 1.73 bits per heavy atom. The lowest BCUT2D eigenvalue weighted by Crippen LogP contribution is -2.09. The number of carboxylic acids is 1. The first kappa shape index (κ1) is 10.5. The highest BCUT2D eigenvalue weighted by Crippen LogP contribution is 2.30. The topological polar surface area (TPSA) is 63.3 Å². The largest absolute Gasteiger partial charge is 0.481 e. The Hall–Kier alpha value is -0.970. The summed E-state index contributed by atoms with van der Waals surface area (Å²) in [6.07, 6.45) is 3.82. The third-order valence-corrected chi connectivity index (χ3v) is 3.67. The second-order valence-electron chi connectivity index (χ2n) is 3.65. The van der Waals surface area contributed by atoms with Crippen molar-refractivity contribution in [1.82, 2.24) is 4.98 Å². The van der Waals surface area contributed by atoms with Crippen LogP contribution in [0.5, 0.6) is 0 Å². The Labute approximate surface area is 92.1 Å². The molecule has 1 saturated heterocycles. The number of hydrogen-bond donors (Lipinski definition) is 1. The molecule has 1 atom stereocenters. The molecular weight excluding hydrogens is 214 g/mol. The molecule has 4 nitrogen and oxygen atoms in total. The number of oxazole rings is 1. The van der Waals surface area contributed by atoms with Gasteiger partial charge in [0.15, 0.2) is 0 Å². The van der Waals surface area contributed by atoms with Gasteiger partial charge in [-0.3, -0.25) is 4.79 Å². The predicted octanol–water partition coefficient (Wildman–Crippen LogP) is 1.91. The normalized spacial score (nSPS) is 21.5. The van der Waals surface area contributed by atoms with Gasteiger partial charge in [0.2, 0.25) is 5.89 Å². The van der Waals surface area contributed by atoms with Gasteiger partial charge in [0.25, 0.3) is 0 Å². The van der Waals surface area contributed by atoms with Gasteiger partial charge >= 0.3 is 5.97 Å². The smallest absolute Gasteiger partial charge is 0.312 e. The van der Waals surface area contributed by atoms with Crippen LogP contribution in [0.4, 0.5) is 0 Å². The van der Waals surface area contributed by atoms with Crippen LogP contribution in [0.2, 0.25) is 0 Å². The van der Waals surface area contributed by atoms with E-state index in [0.29, 0.717) is 11.8 Å². The quantitative estimate of drug-likeness (QED) is 0.854. The molecule has 0 aromatic carbocycles. The van der Waals surface area contributed by atoms with E-state index >= 15 is 0 Å². The Balaban J connectivity index is 2.02. The Bertz CT molecular complexity index is 344. The van der Waals surface area contributed by atoms with E-state index in [1.807, 2.05) is 11.8 Å². The van der Waals surface area contributed by atoms with Gasteiger partial charge in [0.05, 0.1) is 5.69 Å². The maximum atomic E-state index is 10.5. The minimum absolute atomic E-state index is 0.125. The Kier molecular flexibility index (Phi) is 3.30. The van der Waals surface area contributed by atoms with Gasteiger partial charge in [-0.05, 0) is 18.6 Å². The van der Waals surface area contributed by atoms with Crippen LogP contribution in [0.3, 0.4) is 0 Å². The molecule has 0 bridgehead atoms. The molecule has 0 amide bonds. The first-order chi connectivity index (χ1) is 7.25. The molecule has 2 heterocycles. The number of aromatic nitrogens is 1. The van der Waals surface area contributed by atoms with Crippen molar-refractivity contribution >= 4 is 17.7 Å². The molecule has 2 rings (SSSR count). The number of aliphatic carboxylic acids is 1. The summed E-state index contributed by atoms with van der Waals surface area (Å²) in [6.45, 7) is 0. The van der Waals surface area contributed by atoms with E-state index in [4.69, 9.17) is 9.52 Å². The maximum absolute atomic E-state index is 10.5. The van der Waals surface area contributed by atoms with Crippen molar-refractivity contribution in [2.75, 3.05) is 11.5 Å². The van der Waals surface area contributed by atoms with E-state index in [0.717, 1.165) is 17.9 Å². The fraction of sp³-hybridized carbons (Fsp3) is 0.600. The number of carboxylic acid groups (broad SMARTS) is 1. The standard InChI is InChI=1S/C10H13NO3S/c12-10(13)4-9-11-8(5-14-9)7-2-1-3-15-6-7/h5,7H,1-4,6H2,(H,12,13). The third kappa shape index (κ3) is 2.75. The Morgan fingerprint density at radius 3 is 3.27 bits per heavy atom. The van der Waals surface area contributed by atoms with Crippen LogP contribution in [-0.2, 0) is 11.2 Å². The van der Waals surface area contributed by atoms with Crippen LogP contribution in [0.25, 0.3) is 0 Å². The van der Waals surface area contributed by atoms with Crippen LogP contribution >= 0.6 is 11.8 Å². The van der Waals surface area contributed by atoms with Gasteiger partial charge in [-0.15, -0.1) is 0 Å². The summed E-state index contributed by atoms with van der Waals surface area (Å²) in [6, 6.07) is 0. The molecule has 0 aliphatic carbocycles. The number of nitrogens with zero attached hydrogens (tertiary/aromatic N) is 1. The van der Waals surface area contributed by atoms with E-state index in [1.165, 1.54) is 12.2 Å². The second-order valence-corrected chi connectivity index (χ2v) is 4.80. The van der Waals surface area contributed by atoms with Crippen molar-refractivity contribution in [2.45, 2.75) is 25.2 Å². The lowest BCUT2D eigenvalue weighted by molar-refractivity contribution is -0.136. The zero-order valence-electron chi connectivity index (χ0n) is 8.31. The van der Waals surface area contributed by atoms with Crippen LogP contribution in [0, 0.1) is 0 Å². The summed E-state index contributed by atoms with van der Waals surface area (Å²) >= 11 is 1.92. The third-order valence-electron chi connectivity index (χ3n) is 2.45. The van der Waals surface area contributed by atoms with Crippen LogP contribution in [0.1, 0.15) is 30.3 Å². The van der Waals surface area contributed by atoms with E-state index in [9.17, 15) is 4.79 Å². The zero-order chi connectivity index (χ0) is 10.7. The Morgan fingerprint density at radius 2 is 2.60 bits per heavy atom. The molecule has 0 saturated carbocycles. The molecule has 82 valence electrons. The molecule has 1 aliphatic heterocycles. The molecule has 1 unspecified atom stereocenters. The molecule has 1 aliphatic rings. The van der Waals surface area contributed by atoms with E-state index in [1.54, 1.807) is 6.26 Å². The van der Waals surface area contributed by atoms with Gasteiger partial charge in [-0.2, -0.15) is 11.8 Å². The molecular formula is C10H13NO3S. The summed E-state index contributed by atoms with van der Waals surface area (Å²) in [4.78, 5) is 14.7. The lowest BCUT2D eigenvalue weighted by Gasteiger charge is -2.18. The fourth-order valence-corrected chi connectivity index (χ4v) is 2.86. The van der Waals surface area contributed by atoms with Gasteiger partial charge < -0.3 is 9.52 Å². The number of hydrogen-bond acceptors (Lipinski definition) is 4. The summed E-state index contributed by atoms with van der Waals surface area (Å²) < 4.78 is 5.13. The molecule has 1 fully saturated rings. The minimum atomic E-state index is -0.901. The number of carbonyl (C=O) groups is 1. The second kappa shape index (κ2) is 4.70. The SMILES string of the molecule is O=C(O)Cc1nc(C2CCCSC2)co1. The van der Waals surface area contributed by atoms with Gasteiger partial charge in [0.1, 0.15) is 12.7 Å². The molecule has 5 heteroatoms. The fourth-order valence-electron chi connectivity index (χ4n) is 1.70. The molecule has 1 aromatic rings. The zero-order valence-corrected chi connectivity index (χ0v) is 9.13. The monoisotopic (exact) mass is 227 g/mol. The summed E-state index contributed by atoms with van der Waals surface area (Å²) in [5.41, 5.74) is 0.915. The number of thioether (sulfide) groups is 1. The van der Waals surface area contributed by atoms with E-state index < -0.39 is 5.97 Å². The maximum Gasteiger partial charge on any atom is 0.312 e. The van der Waals surface area contributed by atoms with Crippen molar-refractivity contribution < 1.29 is 14.3 Å². The average molecular weight is 227 g/mol. The minimum Gasteiger partial charge on any atom is -0.481 e. The summed E-state index contributed by atoms with van der Waals surface area (Å²) in [7, 11) is 0. The average Bonchev–Trinajstić information content (AvgIpc) is 2.67.